The number of nitrogens with two attached hydrogens (primary N) is 1. The summed E-state index contributed by atoms with van der Waals surface area (Å²) in [5, 5.41) is 3.26. The summed E-state index contributed by atoms with van der Waals surface area (Å²) < 4.78 is 1.03. The predicted octanol–water partition coefficient (Wildman–Crippen LogP) is 3.79. The zero-order valence-corrected chi connectivity index (χ0v) is 13.9. The highest BCUT2D eigenvalue weighted by molar-refractivity contribution is 9.10. The van der Waals surface area contributed by atoms with Gasteiger partial charge in [-0.25, -0.2) is 0 Å². The molecular formula is C16H18BrN3O. The van der Waals surface area contributed by atoms with Crippen LogP contribution in [-0.2, 0) is 0 Å². The molecule has 4 nitrogen and oxygen atoms in total. The third-order valence-corrected chi connectivity index (χ3v) is 4.01. The van der Waals surface area contributed by atoms with E-state index in [1.54, 1.807) is 26.2 Å². The SMILES string of the molecule is Cc1ccc(Nc2ccc(C(=O)N(C)C)cc2N)cc1Br. The van der Waals surface area contributed by atoms with Gasteiger partial charge in [-0.05, 0) is 42.8 Å². The Morgan fingerprint density at radius 3 is 2.48 bits per heavy atom. The first-order valence-corrected chi connectivity index (χ1v) is 7.32. The van der Waals surface area contributed by atoms with Crippen LogP contribution < -0.4 is 11.1 Å². The summed E-state index contributed by atoms with van der Waals surface area (Å²) in [5.41, 5.74) is 10.0. The minimum atomic E-state index is -0.0636. The zero-order valence-electron chi connectivity index (χ0n) is 12.3. The van der Waals surface area contributed by atoms with Gasteiger partial charge in [-0.3, -0.25) is 4.79 Å². The highest BCUT2D eigenvalue weighted by atomic mass is 79.9. The molecule has 0 aromatic heterocycles. The first kappa shape index (κ1) is 15.4. The molecule has 0 bridgehead atoms. The monoisotopic (exact) mass is 347 g/mol. The van der Waals surface area contributed by atoms with Crippen LogP contribution >= 0.6 is 15.9 Å². The summed E-state index contributed by atoms with van der Waals surface area (Å²) in [6.45, 7) is 2.03. The Hall–Kier alpha value is -2.01. The number of hydrogen-bond acceptors (Lipinski definition) is 3. The molecule has 2 rings (SSSR count). The van der Waals surface area contributed by atoms with E-state index >= 15 is 0 Å². The van der Waals surface area contributed by atoms with Crippen LogP contribution in [0.2, 0.25) is 0 Å². The van der Waals surface area contributed by atoms with Crippen molar-refractivity contribution in [3.8, 4) is 0 Å². The van der Waals surface area contributed by atoms with E-state index in [-0.39, 0.29) is 5.91 Å². The number of amides is 1. The topological polar surface area (TPSA) is 58.4 Å². The molecule has 2 aromatic carbocycles. The summed E-state index contributed by atoms with van der Waals surface area (Å²) in [5.74, 6) is -0.0636. The molecule has 0 aliphatic rings. The third-order valence-electron chi connectivity index (χ3n) is 3.16. The van der Waals surface area contributed by atoms with Crippen molar-refractivity contribution in [2.75, 3.05) is 25.1 Å². The van der Waals surface area contributed by atoms with Crippen LogP contribution in [0.5, 0.6) is 0 Å². The Morgan fingerprint density at radius 2 is 1.90 bits per heavy atom. The number of anilines is 3. The third kappa shape index (κ3) is 3.55. The van der Waals surface area contributed by atoms with Crippen molar-refractivity contribution in [2.45, 2.75) is 6.92 Å². The fourth-order valence-electron chi connectivity index (χ4n) is 1.89. The van der Waals surface area contributed by atoms with Crippen LogP contribution in [-0.4, -0.2) is 24.9 Å². The second kappa shape index (κ2) is 6.18. The van der Waals surface area contributed by atoms with E-state index < -0.39 is 0 Å². The van der Waals surface area contributed by atoms with Gasteiger partial charge >= 0.3 is 0 Å². The van der Waals surface area contributed by atoms with E-state index in [4.69, 9.17) is 5.73 Å². The highest BCUT2D eigenvalue weighted by Gasteiger charge is 2.10. The summed E-state index contributed by atoms with van der Waals surface area (Å²) >= 11 is 3.50. The second-order valence-electron chi connectivity index (χ2n) is 5.09. The smallest absolute Gasteiger partial charge is 0.253 e. The molecule has 3 N–H and O–H groups in total. The van der Waals surface area contributed by atoms with Gasteiger partial charge in [0.1, 0.15) is 0 Å². The molecule has 0 heterocycles. The van der Waals surface area contributed by atoms with Crippen molar-refractivity contribution in [2.24, 2.45) is 0 Å². The summed E-state index contributed by atoms with van der Waals surface area (Å²) in [6.07, 6.45) is 0. The van der Waals surface area contributed by atoms with E-state index in [2.05, 4.69) is 21.2 Å². The van der Waals surface area contributed by atoms with Crippen molar-refractivity contribution >= 4 is 38.9 Å². The Balaban J connectivity index is 2.25. The van der Waals surface area contributed by atoms with E-state index in [0.29, 0.717) is 11.3 Å². The Morgan fingerprint density at radius 1 is 1.19 bits per heavy atom. The van der Waals surface area contributed by atoms with Crippen molar-refractivity contribution in [1.29, 1.82) is 0 Å². The van der Waals surface area contributed by atoms with Crippen LogP contribution in [0.3, 0.4) is 0 Å². The molecule has 0 saturated heterocycles. The van der Waals surface area contributed by atoms with Gasteiger partial charge in [0.15, 0.2) is 0 Å². The molecule has 0 aliphatic heterocycles. The van der Waals surface area contributed by atoms with E-state index in [1.807, 2.05) is 31.2 Å². The minimum Gasteiger partial charge on any atom is -0.397 e. The molecule has 110 valence electrons. The summed E-state index contributed by atoms with van der Waals surface area (Å²) in [4.78, 5) is 13.4. The van der Waals surface area contributed by atoms with Gasteiger partial charge in [0.25, 0.3) is 5.91 Å². The molecule has 0 unspecified atom stereocenters. The first-order chi connectivity index (χ1) is 9.88. The first-order valence-electron chi connectivity index (χ1n) is 6.53. The lowest BCUT2D eigenvalue weighted by atomic mass is 10.1. The van der Waals surface area contributed by atoms with Gasteiger partial charge in [0.2, 0.25) is 0 Å². The van der Waals surface area contributed by atoms with E-state index in [1.165, 1.54) is 10.5 Å². The van der Waals surface area contributed by atoms with Crippen molar-refractivity contribution < 1.29 is 4.79 Å². The average Bonchev–Trinajstić information content (AvgIpc) is 2.44. The van der Waals surface area contributed by atoms with Gasteiger partial charge in [0.05, 0.1) is 11.4 Å². The molecule has 2 aromatic rings. The Kier molecular flexibility index (Phi) is 4.53. The normalized spacial score (nSPS) is 10.3. The molecule has 0 spiro atoms. The number of hydrogen-bond donors (Lipinski definition) is 2. The van der Waals surface area contributed by atoms with Gasteiger partial charge in [0, 0.05) is 29.8 Å². The van der Waals surface area contributed by atoms with Gasteiger partial charge in [-0.1, -0.05) is 22.0 Å². The molecule has 0 aliphatic carbocycles. The van der Waals surface area contributed by atoms with Crippen LogP contribution in [0.15, 0.2) is 40.9 Å². The molecule has 0 fully saturated rings. The van der Waals surface area contributed by atoms with Crippen LogP contribution in [0.4, 0.5) is 17.1 Å². The average molecular weight is 348 g/mol. The molecular weight excluding hydrogens is 330 g/mol. The minimum absolute atomic E-state index is 0.0636. The molecule has 21 heavy (non-hydrogen) atoms. The molecule has 0 saturated carbocycles. The van der Waals surface area contributed by atoms with Crippen LogP contribution in [0.1, 0.15) is 15.9 Å². The van der Waals surface area contributed by atoms with Crippen LogP contribution in [0.25, 0.3) is 0 Å². The number of nitrogens with zero attached hydrogens (tertiary/aromatic N) is 1. The quantitative estimate of drug-likeness (QED) is 0.830. The number of aryl methyl sites for hydroxylation is 1. The predicted molar refractivity (Wildman–Crippen MR) is 91.0 cm³/mol. The maximum atomic E-state index is 11.9. The summed E-state index contributed by atoms with van der Waals surface area (Å²) in [7, 11) is 3.43. The van der Waals surface area contributed by atoms with Crippen molar-refractivity contribution in [3.05, 3.63) is 52.0 Å². The van der Waals surface area contributed by atoms with Crippen molar-refractivity contribution in [1.82, 2.24) is 4.90 Å². The lowest BCUT2D eigenvalue weighted by Crippen LogP contribution is -2.21. The zero-order chi connectivity index (χ0) is 15.6. The molecule has 5 heteroatoms. The fraction of sp³-hybridized carbons (Fsp3) is 0.188. The number of benzene rings is 2. The number of nitrogens with one attached hydrogen (secondary N) is 1. The number of carbonyl (C=O) groups is 1. The number of carbonyl (C=O) groups excluding carboxylic acids is 1. The summed E-state index contributed by atoms with van der Waals surface area (Å²) in [6, 6.07) is 11.3. The van der Waals surface area contributed by atoms with Gasteiger partial charge in [-0.2, -0.15) is 0 Å². The Bertz CT molecular complexity index is 683. The van der Waals surface area contributed by atoms with Crippen molar-refractivity contribution in [3.63, 3.8) is 0 Å². The number of rotatable bonds is 3. The molecule has 1 amide bonds. The lowest BCUT2D eigenvalue weighted by Gasteiger charge is -2.14. The number of halogens is 1. The highest BCUT2D eigenvalue weighted by Crippen LogP contribution is 2.27. The Labute approximate surface area is 133 Å². The maximum absolute atomic E-state index is 11.9. The largest absolute Gasteiger partial charge is 0.397 e. The van der Waals surface area contributed by atoms with Crippen LogP contribution in [0, 0.1) is 6.92 Å². The fourth-order valence-corrected chi connectivity index (χ4v) is 2.27. The second-order valence-corrected chi connectivity index (χ2v) is 5.94. The lowest BCUT2D eigenvalue weighted by molar-refractivity contribution is 0.0827. The molecule has 0 atom stereocenters. The number of nitrogen functional groups attached to an aromatic ring is 1. The molecule has 0 radical (unpaired) electrons. The van der Waals surface area contributed by atoms with E-state index in [9.17, 15) is 4.79 Å². The van der Waals surface area contributed by atoms with E-state index in [0.717, 1.165) is 15.8 Å². The maximum Gasteiger partial charge on any atom is 0.253 e. The van der Waals surface area contributed by atoms with Gasteiger partial charge in [-0.15, -0.1) is 0 Å². The standard InChI is InChI=1S/C16H18BrN3O/c1-10-4-6-12(9-13(10)17)19-15-7-5-11(8-14(15)18)16(21)20(2)3/h4-9,19H,18H2,1-3H3. The van der Waals surface area contributed by atoms with Gasteiger partial charge < -0.3 is 16.0 Å².